The molecule has 0 aliphatic carbocycles. The molecule has 1 aromatic heterocycles. The highest BCUT2D eigenvalue weighted by molar-refractivity contribution is 9.10. The zero-order valence-corrected chi connectivity index (χ0v) is 17.9. The van der Waals surface area contributed by atoms with E-state index >= 15 is 0 Å². The fraction of sp³-hybridized carbons (Fsp3) is 0.0870. The van der Waals surface area contributed by atoms with Crippen LogP contribution in [0.4, 0.5) is 5.69 Å². The summed E-state index contributed by atoms with van der Waals surface area (Å²) in [5.74, 6) is -1.47. The maximum Gasteiger partial charge on any atom is 0.335 e. The van der Waals surface area contributed by atoms with E-state index in [-0.39, 0.29) is 11.1 Å². The molecule has 0 bridgehead atoms. The van der Waals surface area contributed by atoms with Crippen LogP contribution < -0.4 is 5.32 Å². The van der Waals surface area contributed by atoms with Gasteiger partial charge in [0.2, 0.25) is 0 Å². The van der Waals surface area contributed by atoms with Gasteiger partial charge in [-0.3, -0.25) is 4.79 Å². The topological polar surface area (TPSA) is 95.1 Å². The molecule has 0 saturated heterocycles. The predicted octanol–water partition coefficient (Wildman–Crippen LogP) is 5.10. The van der Waals surface area contributed by atoms with Crippen molar-refractivity contribution in [1.82, 2.24) is 4.57 Å². The largest absolute Gasteiger partial charge is 0.478 e. The molecule has 0 radical (unpaired) electrons. The number of carbonyl (C=O) groups is 2. The lowest BCUT2D eigenvalue weighted by molar-refractivity contribution is -0.112. The normalized spacial score (nSPS) is 11.1. The quantitative estimate of drug-likeness (QED) is 0.406. The molecule has 150 valence electrons. The summed E-state index contributed by atoms with van der Waals surface area (Å²) in [7, 11) is 0. The minimum atomic E-state index is -0.985. The zero-order valence-electron chi connectivity index (χ0n) is 16.3. The molecule has 0 aliphatic rings. The molecule has 1 amide bonds. The fourth-order valence-electron chi connectivity index (χ4n) is 3.12. The van der Waals surface area contributed by atoms with Crippen LogP contribution in [0.1, 0.15) is 27.3 Å². The van der Waals surface area contributed by atoms with E-state index < -0.39 is 11.9 Å². The monoisotopic (exact) mass is 463 g/mol. The van der Waals surface area contributed by atoms with Crippen LogP contribution in [0.15, 0.2) is 64.6 Å². The Morgan fingerprint density at radius 1 is 1.10 bits per heavy atom. The first kappa shape index (κ1) is 21.1. The second-order valence-corrected chi connectivity index (χ2v) is 7.56. The van der Waals surface area contributed by atoms with Gasteiger partial charge in [0.15, 0.2) is 0 Å². The van der Waals surface area contributed by atoms with Gasteiger partial charge in [0.1, 0.15) is 11.6 Å². The van der Waals surface area contributed by atoms with Crippen molar-refractivity contribution in [1.29, 1.82) is 5.26 Å². The summed E-state index contributed by atoms with van der Waals surface area (Å²) < 4.78 is 2.83. The molecule has 0 atom stereocenters. The molecule has 3 rings (SSSR count). The van der Waals surface area contributed by atoms with Crippen molar-refractivity contribution >= 4 is 39.6 Å². The van der Waals surface area contributed by atoms with Crippen LogP contribution in [0, 0.1) is 25.2 Å². The number of aryl methyl sites for hydroxylation is 1. The first-order chi connectivity index (χ1) is 14.3. The number of benzene rings is 2. The Kier molecular flexibility index (Phi) is 6.19. The number of amides is 1. The average molecular weight is 464 g/mol. The van der Waals surface area contributed by atoms with Crippen molar-refractivity contribution < 1.29 is 14.7 Å². The SMILES string of the molecule is Cc1cc(/C=C(/C#N)C(=O)Nc2ccc(Br)cc2)c(C)n1-c1ccc(C(=O)O)cc1. The van der Waals surface area contributed by atoms with Gasteiger partial charge in [0.25, 0.3) is 5.91 Å². The van der Waals surface area contributed by atoms with E-state index in [1.165, 1.54) is 0 Å². The maximum atomic E-state index is 12.5. The number of anilines is 1. The maximum absolute atomic E-state index is 12.5. The number of carboxylic acids is 1. The molecule has 0 spiro atoms. The number of nitrogens with zero attached hydrogens (tertiary/aromatic N) is 2. The number of hydrogen-bond acceptors (Lipinski definition) is 3. The summed E-state index contributed by atoms with van der Waals surface area (Å²) >= 11 is 3.34. The number of halogens is 1. The molecular formula is C23H18BrN3O3. The molecule has 7 heteroatoms. The molecule has 30 heavy (non-hydrogen) atoms. The molecule has 6 nitrogen and oxygen atoms in total. The number of nitrogens with one attached hydrogen (secondary N) is 1. The second-order valence-electron chi connectivity index (χ2n) is 6.64. The lowest BCUT2D eigenvalue weighted by Crippen LogP contribution is -2.13. The van der Waals surface area contributed by atoms with Crippen molar-refractivity contribution in [3.05, 3.63) is 87.2 Å². The number of carboxylic acid groups (broad SMARTS) is 1. The molecule has 0 unspecified atom stereocenters. The van der Waals surface area contributed by atoms with E-state index in [9.17, 15) is 14.9 Å². The molecular weight excluding hydrogens is 446 g/mol. The van der Waals surface area contributed by atoms with Crippen LogP contribution in [-0.4, -0.2) is 21.6 Å². The van der Waals surface area contributed by atoms with Gasteiger partial charge >= 0.3 is 5.97 Å². The van der Waals surface area contributed by atoms with Gasteiger partial charge in [-0.1, -0.05) is 15.9 Å². The fourth-order valence-corrected chi connectivity index (χ4v) is 3.38. The van der Waals surface area contributed by atoms with E-state index in [0.717, 1.165) is 27.1 Å². The minimum absolute atomic E-state index is 0.0145. The number of aromatic nitrogens is 1. The van der Waals surface area contributed by atoms with Crippen LogP contribution in [0.2, 0.25) is 0 Å². The number of aromatic carboxylic acids is 1. The van der Waals surface area contributed by atoms with Gasteiger partial charge in [0.05, 0.1) is 5.56 Å². The van der Waals surface area contributed by atoms with Gasteiger partial charge in [0, 0.05) is 27.2 Å². The molecule has 2 N–H and O–H groups in total. The Bertz CT molecular complexity index is 1180. The standard InChI is InChI=1S/C23H18BrN3O3/c1-14-11-17(15(2)27(14)21-9-3-16(4-10-21)23(29)30)12-18(13-25)22(28)26-20-7-5-19(24)6-8-20/h3-12H,1-2H3,(H,26,28)(H,29,30)/b18-12-. The Morgan fingerprint density at radius 3 is 2.30 bits per heavy atom. The van der Waals surface area contributed by atoms with Gasteiger partial charge in [-0.25, -0.2) is 4.79 Å². The highest BCUT2D eigenvalue weighted by Crippen LogP contribution is 2.24. The third-order valence-electron chi connectivity index (χ3n) is 4.61. The summed E-state index contributed by atoms with van der Waals surface area (Å²) in [4.78, 5) is 23.6. The number of rotatable bonds is 5. The highest BCUT2D eigenvalue weighted by atomic mass is 79.9. The van der Waals surface area contributed by atoms with Crippen molar-refractivity contribution in [2.24, 2.45) is 0 Å². The minimum Gasteiger partial charge on any atom is -0.478 e. The van der Waals surface area contributed by atoms with Crippen LogP contribution in [-0.2, 0) is 4.79 Å². The van der Waals surface area contributed by atoms with E-state index in [1.807, 2.05) is 30.6 Å². The number of carbonyl (C=O) groups excluding carboxylic acids is 1. The van der Waals surface area contributed by atoms with Crippen LogP contribution in [0.25, 0.3) is 11.8 Å². The van der Waals surface area contributed by atoms with Crippen LogP contribution in [0.5, 0.6) is 0 Å². The Hall–Kier alpha value is -3.63. The van der Waals surface area contributed by atoms with E-state index in [0.29, 0.717) is 5.69 Å². The number of hydrogen-bond donors (Lipinski definition) is 2. The molecule has 0 saturated carbocycles. The van der Waals surface area contributed by atoms with Gasteiger partial charge < -0.3 is 15.0 Å². The smallest absolute Gasteiger partial charge is 0.335 e. The van der Waals surface area contributed by atoms with E-state index in [1.54, 1.807) is 54.6 Å². The summed E-state index contributed by atoms with van der Waals surface area (Å²) in [5, 5.41) is 21.3. The van der Waals surface area contributed by atoms with Crippen molar-refractivity contribution in [2.75, 3.05) is 5.32 Å². The summed E-state index contributed by atoms with van der Waals surface area (Å²) in [6, 6.07) is 17.5. The van der Waals surface area contributed by atoms with E-state index in [2.05, 4.69) is 21.2 Å². The first-order valence-corrected chi connectivity index (χ1v) is 9.81. The van der Waals surface area contributed by atoms with Gasteiger partial charge in [-0.2, -0.15) is 5.26 Å². The molecule has 2 aromatic carbocycles. The molecule has 3 aromatic rings. The third kappa shape index (κ3) is 4.50. The lowest BCUT2D eigenvalue weighted by atomic mass is 10.1. The molecule has 0 fully saturated rings. The Labute approximate surface area is 182 Å². The van der Waals surface area contributed by atoms with Crippen LogP contribution >= 0.6 is 15.9 Å². The summed E-state index contributed by atoms with van der Waals surface area (Å²) in [5.41, 5.74) is 4.04. The lowest BCUT2D eigenvalue weighted by Gasteiger charge is -2.10. The molecule has 0 aliphatic heterocycles. The third-order valence-corrected chi connectivity index (χ3v) is 5.14. The number of nitriles is 1. The second kappa shape index (κ2) is 8.80. The molecule has 1 heterocycles. The van der Waals surface area contributed by atoms with Crippen molar-refractivity contribution in [3.63, 3.8) is 0 Å². The van der Waals surface area contributed by atoms with Crippen LogP contribution in [0.3, 0.4) is 0 Å². The van der Waals surface area contributed by atoms with Crippen molar-refractivity contribution in [3.8, 4) is 11.8 Å². The zero-order chi connectivity index (χ0) is 21.8. The van der Waals surface area contributed by atoms with Crippen molar-refractivity contribution in [2.45, 2.75) is 13.8 Å². The summed E-state index contributed by atoms with van der Waals surface area (Å²) in [6.45, 7) is 3.79. The highest BCUT2D eigenvalue weighted by Gasteiger charge is 2.14. The Morgan fingerprint density at radius 2 is 1.73 bits per heavy atom. The average Bonchev–Trinajstić information content (AvgIpc) is 3.00. The first-order valence-electron chi connectivity index (χ1n) is 9.01. The van der Waals surface area contributed by atoms with Gasteiger partial charge in [-0.05, 0) is 80.1 Å². The summed E-state index contributed by atoms with van der Waals surface area (Å²) in [6.07, 6.45) is 1.55. The predicted molar refractivity (Wildman–Crippen MR) is 119 cm³/mol. The Balaban J connectivity index is 1.91. The van der Waals surface area contributed by atoms with Gasteiger partial charge in [-0.15, -0.1) is 0 Å². The van der Waals surface area contributed by atoms with E-state index in [4.69, 9.17) is 5.11 Å².